The van der Waals surface area contributed by atoms with Gasteiger partial charge in [0.05, 0.1) is 34.0 Å². The number of carbonyl (C=O) groups excluding carboxylic acids is 1. The first-order chi connectivity index (χ1) is 21.8. The smallest absolute Gasteiger partial charge is 0.265 e. The first-order valence-corrected chi connectivity index (χ1v) is 15.1. The number of hydrogen-bond donors (Lipinski definition) is 0. The van der Waals surface area contributed by atoms with Crippen LogP contribution in [0.15, 0.2) is 66.9 Å². The van der Waals surface area contributed by atoms with Crippen LogP contribution >= 0.6 is 0 Å². The van der Waals surface area contributed by atoms with Crippen molar-refractivity contribution in [1.29, 1.82) is 0 Å². The Kier molecular flexibility index (Phi) is 8.11. The fourth-order valence-electron chi connectivity index (χ4n) is 6.42. The summed E-state index contributed by atoms with van der Waals surface area (Å²) in [5, 5.41) is 0. The monoisotopic (exact) mass is 603 g/mol. The number of rotatable bonds is 8. The molecule has 0 spiro atoms. The molecule has 0 radical (unpaired) electrons. The van der Waals surface area contributed by atoms with E-state index in [1.54, 1.807) is 28.4 Å². The number of aryl methyl sites for hydroxylation is 1. The average molecular weight is 604 g/mol. The largest absolute Gasteiger partial charge is 0.497 e. The predicted octanol–water partition coefficient (Wildman–Crippen LogP) is 6.87. The van der Waals surface area contributed by atoms with Crippen molar-refractivity contribution >= 4 is 34.9 Å². The van der Waals surface area contributed by atoms with Crippen molar-refractivity contribution in [2.24, 2.45) is 0 Å². The Balaban J connectivity index is 1.50. The average Bonchev–Trinajstić information content (AvgIpc) is 3.37. The van der Waals surface area contributed by atoms with E-state index in [0.29, 0.717) is 51.6 Å². The molecular formula is C38H39N2O5+. The Morgan fingerprint density at radius 3 is 2.16 bits per heavy atom. The molecule has 45 heavy (non-hydrogen) atoms. The second kappa shape index (κ2) is 12.2. The number of ether oxygens (including phenoxy) is 4. The molecule has 0 fully saturated rings. The minimum atomic E-state index is -0.111. The fourth-order valence-corrected chi connectivity index (χ4v) is 6.42. The maximum atomic E-state index is 14.6. The molecular weight excluding hydrogens is 564 g/mol. The van der Waals surface area contributed by atoms with Crippen LogP contribution in [-0.4, -0.2) is 47.3 Å². The highest BCUT2D eigenvalue weighted by atomic mass is 16.5. The molecule has 1 aromatic heterocycles. The summed E-state index contributed by atoms with van der Waals surface area (Å²) >= 11 is 0. The Labute approximate surface area is 264 Å². The zero-order valence-electron chi connectivity index (χ0n) is 26.9. The topological polar surface area (TPSA) is 61.1 Å². The van der Waals surface area contributed by atoms with Crippen molar-refractivity contribution in [3.63, 3.8) is 0 Å². The van der Waals surface area contributed by atoms with Crippen molar-refractivity contribution in [2.45, 2.75) is 32.7 Å². The maximum Gasteiger partial charge on any atom is 0.265 e. The lowest BCUT2D eigenvalue weighted by atomic mass is 9.94. The third kappa shape index (κ3) is 5.22. The second-order valence-corrected chi connectivity index (χ2v) is 11.5. The van der Waals surface area contributed by atoms with Gasteiger partial charge >= 0.3 is 0 Å². The Hall–Kier alpha value is -5.04. The van der Waals surface area contributed by atoms with Gasteiger partial charge < -0.3 is 23.8 Å². The molecule has 230 valence electrons. The van der Waals surface area contributed by atoms with Gasteiger partial charge in [0.25, 0.3) is 11.5 Å². The summed E-state index contributed by atoms with van der Waals surface area (Å²) in [6.07, 6.45) is 8.40. The highest BCUT2D eigenvalue weighted by Gasteiger charge is 2.44. The number of Topliss-reactive ketones (excluding diaryl/α,β-unsaturated/α-hetero) is 1. The van der Waals surface area contributed by atoms with Gasteiger partial charge in [-0.05, 0) is 91.9 Å². The molecule has 2 aliphatic heterocycles. The van der Waals surface area contributed by atoms with Crippen LogP contribution in [0.5, 0.6) is 23.0 Å². The van der Waals surface area contributed by atoms with Crippen molar-refractivity contribution < 1.29 is 28.3 Å². The van der Waals surface area contributed by atoms with Gasteiger partial charge in [-0.2, -0.15) is 4.57 Å². The van der Waals surface area contributed by atoms with Gasteiger partial charge in [-0.3, -0.25) is 4.79 Å². The summed E-state index contributed by atoms with van der Waals surface area (Å²) < 4.78 is 24.7. The van der Waals surface area contributed by atoms with Crippen LogP contribution in [0.1, 0.15) is 57.2 Å². The van der Waals surface area contributed by atoms with E-state index in [9.17, 15) is 4.79 Å². The molecule has 7 nitrogen and oxygen atoms in total. The van der Waals surface area contributed by atoms with E-state index in [1.807, 2.05) is 54.1 Å². The molecule has 1 atom stereocenters. The number of anilines is 1. The summed E-state index contributed by atoms with van der Waals surface area (Å²) in [5.41, 5.74) is 8.77. The van der Waals surface area contributed by atoms with Gasteiger partial charge in [0.1, 0.15) is 28.6 Å². The lowest BCUT2D eigenvalue weighted by Crippen LogP contribution is -2.35. The normalized spacial score (nSPS) is 15.8. The fraction of sp³-hybridized carbons (Fsp3) is 0.263. The summed E-state index contributed by atoms with van der Waals surface area (Å²) in [4.78, 5) is 16.9. The molecule has 0 N–H and O–H groups in total. The lowest BCUT2D eigenvalue weighted by Gasteiger charge is -2.34. The lowest BCUT2D eigenvalue weighted by molar-refractivity contribution is -0.578. The quantitative estimate of drug-likeness (QED) is 0.205. The van der Waals surface area contributed by atoms with Crippen LogP contribution in [0.3, 0.4) is 0 Å². The number of carbonyl (C=O) groups is 1. The van der Waals surface area contributed by atoms with E-state index < -0.39 is 0 Å². The standard InChI is InChI=1S/C38H39N2O5/c1-23-8-11-27-20-25(10-15-32(27)39(23)3)9-12-26-18-19-40-36(24(26)2)38(41)35(30-21-28(42-4)13-16-33(30)44-6)37(40)31-22-29(43-5)14-17-34(31)45-7/h9-10,12-23H,8,11H2,1-7H3/q+1. The summed E-state index contributed by atoms with van der Waals surface area (Å²) in [6, 6.07) is 20.3. The number of pyridine rings is 1. The Bertz CT molecular complexity index is 1870. The first kappa shape index (κ1) is 30.0. The molecule has 4 aromatic rings. The molecule has 0 amide bonds. The molecule has 3 aromatic carbocycles. The highest BCUT2D eigenvalue weighted by Crippen LogP contribution is 2.42. The molecule has 0 bridgehead atoms. The number of nitrogens with zero attached hydrogens (tertiary/aromatic N) is 2. The Morgan fingerprint density at radius 2 is 1.49 bits per heavy atom. The van der Waals surface area contributed by atoms with Crippen LogP contribution in [-0.2, 0) is 6.42 Å². The van der Waals surface area contributed by atoms with Gasteiger partial charge in [0.2, 0.25) is 5.70 Å². The highest BCUT2D eigenvalue weighted by molar-refractivity contribution is 6.35. The van der Waals surface area contributed by atoms with Crippen molar-refractivity contribution in [1.82, 2.24) is 0 Å². The molecule has 6 rings (SSSR count). The molecule has 1 unspecified atom stereocenters. The summed E-state index contributed by atoms with van der Waals surface area (Å²) in [7, 11) is 8.62. The van der Waals surface area contributed by atoms with E-state index in [1.165, 1.54) is 11.3 Å². The third-order valence-electron chi connectivity index (χ3n) is 9.12. The van der Waals surface area contributed by atoms with Crippen LogP contribution in [0.25, 0.3) is 23.4 Å². The zero-order chi connectivity index (χ0) is 31.8. The van der Waals surface area contributed by atoms with E-state index in [4.69, 9.17) is 18.9 Å². The molecule has 7 heteroatoms. The van der Waals surface area contributed by atoms with Crippen LogP contribution < -0.4 is 28.4 Å². The van der Waals surface area contributed by atoms with E-state index >= 15 is 0 Å². The predicted molar refractivity (Wildman–Crippen MR) is 179 cm³/mol. The van der Waals surface area contributed by atoms with Gasteiger partial charge in [-0.1, -0.05) is 18.2 Å². The number of hydrogen-bond acceptors (Lipinski definition) is 6. The van der Waals surface area contributed by atoms with Crippen molar-refractivity contribution in [3.8, 4) is 23.0 Å². The van der Waals surface area contributed by atoms with Crippen LogP contribution in [0, 0.1) is 6.92 Å². The van der Waals surface area contributed by atoms with Crippen LogP contribution in [0.2, 0.25) is 0 Å². The van der Waals surface area contributed by atoms with Gasteiger partial charge in [0, 0.05) is 36.0 Å². The number of fused-ring (bicyclic) bond motifs is 2. The van der Waals surface area contributed by atoms with Gasteiger partial charge in [-0.25, -0.2) is 0 Å². The van der Waals surface area contributed by atoms with E-state index in [-0.39, 0.29) is 5.78 Å². The SMILES string of the molecule is COc1ccc(OC)c(C2=C(c3cc(OC)ccc3OC)[n+]3ccc(/C=C/c4ccc5c(c4)CCC(C)N5C)c(C)c3C2=O)c1. The maximum absolute atomic E-state index is 14.6. The zero-order valence-corrected chi connectivity index (χ0v) is 26.9. The Morgan fingerprint density at radius 1 is 0.822 bits per heavy atom. The summed E-state index contributed by atoms with van der Waals surface area (Å²) in [5.74, 6) is 2.35. The number of aromatic nitrogens is 1. The number of benzene rings is 3. The van der Waals surface area contributed by atoms with E-state index in [2.05, 4.69) is 55.3 Å². The van der Waals surface area contributed by atoms with Crippen LogP contribution in [0.4, 0.5) is 5.69 Å². The minimum absolute atomic E-state index is 0.111. The third-order valence-corrected chi connectivity index (χ3v) is 9.12. The first-order valence-electron chi connectivity index (χ1n) is 15.1. The van der Waals surface area contributed by atoms with Crippen molar-refractivity contribution in [2.75, 3.05) is 40.4 Å². The number of ketones is 1. The van der Waals surface area contributed by atoms with Gasteiger partial charge in [0.15, 0.2) is 6.20 Å². The number of allylic oxidation sites excluding steroid dienone is 1. The van der Waals surface area contributed by atoms with E-state index in [0.717, 1.165) is 35.1 Å². The van der Waals surface area contributed by atoms with Gasteiger partial charge in [-0.15, -0.1) is 0 Å². The molecule has 0 saturated heterocycles. The molecule has 0 saturated carbocycles. The summed E-state index contributed by atoms with van der Waals surface area (Å²) in [6.45, 7) is 4.27. The second-order valence-electron chi connectivity index (χ2n) is 11.5. The number of methoxy groups -OCH3 is 4. The molecule has 0 aliphatic carbocycles. The molecule has 2 aliphatic rings. The minimum Gasteiger partial charge on any atom is -0.497 e. The molecule has 3 heterocycles. The van der Waals surface area contributed by atoms with Crippen molar-refractivity contribution in [3.05, 3.63) is 106 Å².